The van der Waals surface area contributed by atoms with Gasteiger partial charge in [0.1, 0.15) is 5.54 Å². The number of piperidine rings is 1. The smallest absolute Gasteiger partial charge is 0.221 e. The largest absolute Gasteiger partial charge is 0.338 e. The molecule has 1 aliphatic heterocycles. The maximum atomic E-state index is 12.3. The average molecular weight is 277 g/mol. The van der Waals surface area contributed by atoms with E-state index < -0.39 is 5.54 Å². The molecule has 0 spiro atoms. The summed E-state index contributed by atoms with van der Waals surface area (Å²) < 4.78 is 0. The minimum Gasteiger partial charge on any atom is -0.338 e. The van der Waals surface area contributed by atoms with Gasteiger partial charge in [-0.3, -0.25) is 4.79 Å². The van der Waals surface area contributed by atoms with Crippen LogP contribution in [0, 0.1) is 17.2 Å². The van der Waals surface area contributed by atoms with E-state index in [1.807, 2.05) is 0 Å². The molecule has 0 aromatic heterocycles. The van der Waals surface area contributed by atoms with Gasteiger partial charge in [-0.2, -0.15) is 5.26 Å². The molecule has 1 saturated heterocycles. The predicted octanol–water partition coefficient (Wildman–Crippen LogP) is 2.45. The van der Waals surface area contributed by atoms with Gasteiger partial charge in [0.25, 0.3) is 0 Å². The Labute approximate surface area is 122 Å². The lowest BCUT2D eigenvalue weighted by atomic mass is 9.88. The van der Waals surface area contributed by atoms with Crippen LogP contribution < -0.4 is 5.32 Å². The number of nitrogens with zero attached hydrogens (tertiary/aromatic N) is 2. The highest BCUT2D eigenvalue weighted by atomic mass is 16.1. The molecular weight excluding hydrogens is 250 g/mol. The second-order valence-corrected chi connectivity index (χ2v) is 6.61. The molecule has 112 valence electrons. The van der Waals surface area contributed by atoms with Gasteiger partial charge in [0.05, 0.1) is 6.07 Å². The van der Waals surface area contributed by atoms with Crippen LogP contribution in [0.3, 0.4) is 0 Å². The van der Waals surface area contributed by atoms with Gasteiger partial charge in [-0.1, -0.05) is 25.7 Å². The number of nitrogens with one attached hydrogen (secondary N) is 1. The zero-order chi connectivity index (χ0) is 14.4. The zero-order valence-corrected chi connectivity index (χ0v) is 12.7. The number of carbonyl (C=O) groups excluding carboxylic acids is 1. The van der Waals surface area contributed by atoms with E-state index in [9.17, 15) is 10.1 Å². The van der Waals surface area contributed by atoms with Gasteiger partial charge >= 0.3 is 0 Å². The Balaban J connectivity index is 1.84. The Morgan fingerprint density at radius 2 is 1.85 bits per heavy atom. The Bertz CT molecular complexity index is 358. The molecule has 1 heterocycles. The van der Waals surface area contributed by atoms with Gasteiger partial charge < -0.3 is 10.2 Å². The second-order valence-electron chi connectivity index (χ2n) is 6.61. The number of rotatable bonds is 3. The van der Waals surface area contributed by atoms with Crippen molar-refractivity contribution in [2.45, 2.75) is 63.3 Å². The van der Waals surface area contributed by atoms with Crippen molar-refractivity contribution in [3.63, 3.8) is 0 Å². The molecule has 0 aromatic rings. The minimum absolute atomic E-state index is 0.0861. The van der Waals surface area contributed by atoms with Gasteiger partial charge in [-0.25, -0.2) is 0 Å². The van der Waals surface area contributed by atoms with E-state index in [0.717, 1.165) is 25.9 Å². The lowest BCUT2D eigenvalue weighted by Gasteiger charge is -2.36. The molecule has 0 unspecified atom stereocenters. The van der Waals surface area contributed by atoms with E-state index in [0.29, 0.717) is 12.3 Å². The van der Waals surface area contributed by atoms with E-state index in [4.69, 9.17) is 0 Å². The molecule has 1 N–H and O–H groups in total. The fourth-order valence-corrected chi connectivity index (χ4v) is 3.41. The van der Waals surface area contributed by atoms with Crippen molar-refractivity contribution in [1.29, 1.82) is 5.26 Å². The third-order valence-corrected chi connectivity index (χ3v) is 4.88. The van der Waals surface area contributed by atoms with E-state index in [1.165, 1.54) is 38.5 Å². The number of carbonyl (C=O) groups is 1. The summed E-state index contributed by atoms with van der Waals surface area (Å²) >= 11 is 0. The van der Waals surface area contributed by atoms with E-state index >= 15 is 0 Å². The molecule has 0 bridgehead atoms. The summed E-state index contributed by atoms with van der Waals surface area (Å²) in [6, 6.07) is 2.36. The summed E-state index contributed by atoms with van der Waals surface area (Å²) in [4.78, 5) is 14.5. The number of nitriles is 1. The topological polar surface area (TPSA) is 56.1 Å². The number of hydrogen-bond donors (Lipinski definition) is 1. The summed E-state index contributed by atoms with van der Waals surface area (Å²) in [6.07, 6.45) is 9.59. The molecule has 2 fully saturated rings. The van der Waals surface area contributed by atoms with Crippen LogP contribution in [0.4, 0.5) is 0 Å². The minimum atomic E-state index is -0.617. The van der Waals surface area contributed by atoms with Crippen molar-refractivity contribution >= 4 is 5.91 Å². The molecule has 0 aromatic carbocycles. The molecule has 0 atom stereocenters. The monoisotopic (exact) mass is 277 g/mol. The number of hydrogen-bond acceptors (Lipinski definition) is 3. The average Bonchev–Trinajstić information content (AvgIpc) is 2.70. The Morgan fingerprint density at radius 3 is 2.40 bits per heavy atom. The van der Waals surface area contributed by atoms with Crippen LogP contribution in [0.25, 0.3) is 0 Å². The lowest BCUT2D eigenvalue weighted by Crippen LogP contribution is -2.54. The van der Waals surface area contributed by atoms with Crippen molar-refractivity contribution in [2.24, 2.45) is 5.92 Å². The summed E-state index contributed by atoms with van der Waals surface area (Å²) in [5.74, 6) is 0.613. The number of likely N-dealkylation sites (tertiary alicyclic amines) is 1. The highest BCUT2D eigenvalue weighted by Crippen LogP contribution is 2.26. The molecule has 4 nitrogen and oxygen atoms in total. The SMILES string of the molecule is CN1CCC(C#N)(NC(=O)CC2CCCCCC2)CC1. The fourth-order valence-electron chi connectivity index (χ4n) is 3.41. The summed E-state index contributed by atoms with van der Waals surface area (Å²) in [5, 5.41) is 12.5. The van der Waals surface area contributed by atoms with Gasteiger partial charge in [0, 0.05) is 19.5 Å². The second kappa shape index (κ2) is 7.08. The van der Waals surface area contributed by atoms with Crippen molar-refractivity contribution in [2.75, 3.05) is 20.1 Å². The van der Waals surface area contributed by atoms with E-state index in [2.05, 4.69) is 23.3 Å². The maximum absolute atomic E-state index is 12.3. The predicted molar refractivity (Wildman–Crippen MR) is 79.0 cm³/mol. The highest BCUT2D eigenvalue weighted by Gasteiger charge is 2.35. The molecule has 2 rings (SSSR count). The Hall–Kier alpha value is -1.08. The first-order valence-electron chi connectivity index (χ1n) is 8.04. The van der Waals surface area contributed by atoms with Crippen molar-refractivity contribution in [3.8, 4) is 6.07 Å². The van der Waals surface area contributed by atoms with Crippen LogP contribution in [0.1, 0.15) is 57.8 Å². The maximum Gasteiger partial charge on any atom is 0.221 e. The van der Waals surface area contributed by atoms with Gasteiger partial charge in [0.15, 0.2) is 0 Å². The molecule has 1 saturated carbocycles. The third-order valence-electron chi connectivity index (χ3n) is 4.88. The first kappa shape index (κ1) is 15.3. The highest BCUT2D eigenvalue weighted by molar-refractivity contribution is 5.77. The summed E-state index contributed by atoms with van der Waals surface area (Å²) in [7, 11) is 2.06. The summed E-state index contributed by atoms with van der Waals surface area (Å²) in [5.41, 5.74) is -0.617. The van der Waals surface area contributed by atoms with Crippen molar-refractivity contribution in [1.82, 2.24) is 10.2 Å². The number of amides is 1. The quantitative estimate of drug-likeness (QED) is 0.806. The normalized spacial score (nSPS) is 24.6. The first-order chi connectivity index (χ1) is 9.63. The van der Waals surface area contributed by atoms with Crippen LogP contribution in [0.5, 0.6) is 0 Å². The molecule has 1 aliphatic carbocycles. The molecule has 0 radical (unpaired) electrons. The van der Waals surface area contributed by atoms with Crippen molar-refractivity contribution in [3.05, 3.63) is 0 Å². The lowest BCUT2D eigenvalue weighted by molar-refractivity contribution is -0.123. The van der Waals surface area contributed by atoms with E-state index in [1.54, 1.807) is 0 Å². The van der Waals surface area contributed by atoms with Crippen molar-refractivity contribution < 1.29 is 4.79 Å². The molecule has 4 heteroatoms. The fraction of sp³-hybridized carbons (Fsp3) is 0.875. The Morgan fingerprint density at radius 1 is 1.25 bits per heavy atom. The first-order valence-corrected chi connectivity index (χ1v) is 8.04. The van der Waals surface area contributed by atoms with E-state index in [-0.39, 0.29) is 5.91 Å². The van der Waals surface area contributed by atoms with Crippen LogP contribution in [0.15, 0.2) is 0 Å². The molecule has 20 heavy (non-hydrogen) atoms. The molecular formula is C16H27N3O. The zero-order valence-electron chi connectivity index (χ0n) is 12.7. The van der Waals surface area contributed by atoms with Gasteiger partial charge in [0.2, 0.25) is 5.91 Å². The van der Waals surface area contributed by atoms with Gasteiger partial charge in [-0.15, -0.1) is 0 Å². The van der Waals surface area contributed by atoms with Crippen LogP contribution >= 0.6 is 0 Å². The molecule has 2 aliphatic rings. The standard InChI is InChI=1S/C16H27N3O/c1-19-10-8-16(13-17,9-11-19)18-15(20)12-14-6-4-2-3-5-7-14/h14H,2-12H2,1H3,(H,18,20). The van der Waals surface area contributed by atoms with Gasteiger partial charge in [-0.05, 0) is 38.6 Å². The summed E-state index contributed by atoms with van der Waals surface area (Å²) in [6.45, 7) is 1.77. The molecule has 1 amide bonds. The van der Waals surface area contributed by atoms with Crippen LogP contribution in [0.2, 0.25) is 0 Å². The third kappa shape index (κ3) is 4.21. The van der Waals surface area contributed by atoms with Crippen LogP contribution in [-0.2, 0) is 4.79 Å². The van der Waals surface area contributed by atoms with Crippen LogP contribution in [-0.4, -0.2) is 36.5 Å². The Kier molecular flexibility index (Phi) is 5.42.